The number of hydrogen-bond donors (Lipinski definition) is 1. The van der Waals surface area contributed by atoms with E-state index in [-0.39, 0.29) is 0 Å². The third-order valence-electron chi connectivity index (χ3n) is 7.46. The molecule has 0 aromatic heterocycles. The minimum Gasteiger partial charge on any atom is -0.312 e. The Morgan fingerprint density at radius 2 is 1.08 bits per heavy atom. The lowest BCUT2D eigenvalue weighted by molar-refractivity contribution is -0.829. The summed E-state index contributed by atoms with van der Waals surface area (Å²) in [6.07, 6.45) is 0. The van der Waals surface area contributed by atoms with E-state index in [4.69, 9.17) is 0 Å². The van der Waals surface area contributed by atoms with Crippen molar-refractivity contribution in [1.82, 2.24) is 0 Å². The Balaban J connectivity index is 1.76. The van der Waals surface area contributed by atoms with E-state index in [9.17, 15) is 0 Å². The number of hydrogen-bond acceptors (Lipinski definition) is 1. The maximum Gasteiger partial charge on any atom is 0.193 e. The van der Waals surface area contributed by atoms with Crippen LogP contribution in [0.4, 0.5) is 11.4 Å². The molecule has 36 heavy (non-hydrogen) atoms. The highest BCUT2D eigenvalue weighted by atomic mass is 31.1. The summed E-state index contributed by atoms with van der Waals surface area (Å²) in [7, 11) is -0.654. The fourth-order valence-electron chi connectivity index (χ4n) is 6.38. The predicted molar refractivity (Wildman–Crippen MR) is 157 cm³/mol. The molecule has 4 aromatic carbocycles. The summed E-state index contributed by atoms with van der Waals surface area (Å²) in [5, 5.41) is 2.89. The van der Waals surface area contributed by atoms with Gasteiger partial charge >= 0.3 is 0 Å². The molecule has 1 aliphatic heterocycles. The van der Waals surface area contributed by atoms with Crippen molar-refractivity contribution in [3.63, 3.8) is 0 Å². The highest BCUT2D eigenvalue weighted by Gasteiger charge is 2.45. The van der Waals surface area contributed by atoms with Gasteiger partial charge in [0.25, 0.3) is 0 Å². The van der Waals surface area contributed by atoms with E-state index in [1.807, 2.05) is 0 Å². The van der Waals surface area contributed by atoms with E-state index >= 15 is 0 Å². The number of rotatable bonds is 5. The number of benzene rings is 4. The van der Waals surface area contributed by atoms with Crippen LogP contribution in [0.15, 0.2) is 84.9 Å². The Bertz CT molecular complexity index is 1210. The first-order chi connectivity index (χ1) is 17.3. The average Bonchev–Trinajstić information content (AvgIpc) is 3.23. The summed E-state index contributed by atoms with van der Waals surface area (Å²) in [6.45, 7) is 15.8. The van der Waals surface area contributed by atoms with Crippen LogP contribution in [0.3, 0.4) is 0 Å². The molecule has 0 aliphatic carbocycles. The van der Waals surface area contributed by atoms with Gasteiger partial charge in [-0.3, -0.25) is 4.90 Å². The third kappa shape index (κ3) is 4.61. The molecule has 5 rings (SSSR count). The van der Waals surface area contributed by atoms with Crippen LogP contribution in [0.1, 0.15) is 33.4 Å². The van der Waals surface area contributed by atoms with Crippen molar-refractivity contribution in [2.24, 2.45) is 0 Å². The molecule has 2 atom stereocenters. The summed E-state index contributed by atoms with van der Waals surface area (Å²) in [4.78, 5) is 4.35. The Kier molecular flexibility index (Phi) is 7.02. The molecule has 4 aromatic rings. The van der Waals surface area contributed by atoms with E-state index in [1.165, 1.54) is 55.4 Å². The van der Waals surface area contributed by atoms with Crippen molar-refractivity contribution >= 4 is 29.9 Å². The van der Waals surface area contributed by atoms with Crippen molar-refractivity contribution in [2.75, 3.05) is 18.0 Å². The van der Waals surface area contributed by atoms with E-state index in [1.54, 1.807) is 4.90 Å². The maximum atomic E-state index is 2.75. The topological polar surface area (TPSA) is 7.68 Å². The third-order valence-corrected chi connectivity index (χ3v) is 10.3. The molecule has 2 unspecified atom stereocenters. The van der Waals surface area contributed by atoms with Crippen molar-refractivity contribution in [3.8, 4) is 0 Å². The van der Waals surface area contributed by atoms with Gasteiger partial charge in [-0.05, 0) is 63.3 Å². The lowest BCUT2D eigenvalue weighted by Gasteiger charge is -2.37. The van der Waals surface area contributed by atoms with Crippen molar-refractivity contribution < 1.29 is 4.90 Å². The van der Waals surface area contributed by atoms with Crippen LogP contribution < -0.4 is 20.4 Å². The Labute approximate surface area is 218 Å². The lowest BCUT2D eigenvalue weighted by atomic mass is 10.0. The SMILES string of the molecule is Cc1cc(C)c(N2CC[NH+](c3c(C)cc(C)cc3C)C2P(c2ccccc2)c2ccccc2)c(C)c1. The van der Waals surface area contributed by atoms with Crippen molar-refractivity contribution in [1.29, 1.82) is 0 Å². The number of quaternary nitrogens is 1. The molecule has 1 fully saturated rings. The zero-order valence-corrected chi connectivity index (χ0v) is 23.4. The molecule has 3 heteroatoms. The van der Waals surface area contributed by atoms with E-state index in [2.05, 4.69) is 131 Å². The second kappa shape index (κ2) is 10.2. The largest absolute Gasteiger partial charge is 0.312 e. The van der Waals surface area contributed by atoms with Gasteiger partial charge in [0.1, 0.15) is 12.2 Å². The number of nitrogens with zero attached hydrogens (tertiary/aromatic N) is 1. The van der Waals surface area contributed by atoms with E-state index < -0.39 is 7.92 Å². The molecule has 1 saturated heterocycles. The van der Waals surface area contributed by atoms with E-state index in [0.29, 0.717) is 5.91 Å². The molecular formula is C33H38N2P+. The lowest BCUT2D eigenvalue weighted by Crippen LogP contribution is -3.10. The van der Waals surface area contributed by atoms with Gasteiger partial charge in [-0.15, -0.1) is 0 Å². The van der Waals surface area contributed by atoms with E-state index in [0.717, 1.165) is 13.1 Å². The van der Waals surface area contributed by atoms with Gasteiger partial charge in [-0.25, -0.2) is 0 Å². The predicted octanol–water partition coefficient (Wildman–Crippen LogP) is 5.99. The van der Waals surface area contributed by atoms with Crippen LogP contribution in [-0.2, 0) is 0 Å². The van der Waals surface area contributed by atoms with Crippen molar-refractivity contribution in [3.05, 3.63) is 118 Å². The molecular weight excluding hydrogens is 455 g/mol. The van der Waals surface area contributed by atoms with Gasteiger partial charge in [0.2, 0.25) is 0 Å². The molecule has 0 radical (unpaired) electrons. The fourth-order valence-corrected chi connectivity index (χ4v) is 9.31. The standard InChI is InChI=1S/C33H37N2P/c1-23-19-25(3)31(26(4)20-23)34-17-18-35(32-27(5)21-24(2)22-28(32)6)33(34)36(29-13-9-7-10-14-29)30-15-11-8-12-16-30/h7-16,19-22,33H,17-18H2,1-6H3/p+1. The zero-order chi connectivity index (χ0) is 25.4. The van der Waals surface area contributed by atoms with Gasteiger partial charge in [0.15, 0.2) is 5.91 Å². The quantitative estimate of drug-likeness (QED) is 0.336. The first kappa shape index (κ1) is 24.8. The smallest absolute Gasteiger partial charge is 0.193 e. The number of aryl methyl sites for hydroxylation is 6. The molecule has 184 valence electrons. The van der Waals surface area contributed by atoms with Crippen LogP contribution in [0.25, 0.3) is 0 Å². The van der Waals surface area contributed by atoms with Crippen molar-refractivity contribution in [2.45, 2.75) is 47.4 Å². The summed E-state index contributed by atoms with van der Waals surface area (Å²) >= 11 is 0. The monoisotopic (exact) mass is 493 g/mol. The molecule has 1 aliphatic rings. The second-order valence-corrected chi connectivity index (χ2v) is 12.7. The van der Waals surface area contributed by atoms with Crippen LogP contribution in [-0.4, -0.2) is 19.0 Å². The number of anilines is 1. The number of nitrogens with one attached hydrogen (secondary N) is 1. The van der Waals surface area contributed by atoms with Crippen LogP contribution >= 0.6 is 7.92 Å². The molecule has 1 heterocycles. The first-order valence-corrected chi connectivity index (χ1v) is 14.4. The molecule has 0 saturated carbocycles. The van der Waals surface area contributed by atoms with Crippen LogP contribution in [0, 0.1) is 41.5 Å². The zero-order valence-electron chi connectivity index (χ0n) is 22.5. The first-order valence-electron chi connectivity index (χ1n) is 13.0. The molecule has 0 spiro atoms. The highest BCUT2D eigenvalue weighted by molar-refractivity contribution is 7.73. The summed E-state index contributed by atoms with van der Waals surface area (Å²) in [6, 6.07) is 31.9. The minimum atomic E-state index is -0.654. The van der Waals surface area contributed by atoms with Gasteiger partial charge < -0.3 is 4.90 Å². The highest BCUT2D eigenvalue weighted by Crippen LogP contribution is 2.44. The Hall–Kier alpha value is -2.93. The summed E-state index contributed by atoms with van der Waals surface area (Å²) in [5.74, 6) is 0.310. The maximum absolute atomic E-state index is 2.75. The Morgan fingerprint density at radius 3 is 1.56 bits per heavy atom. The fraction of sp³-hybridized carbons (Fsp3) is 0.273. The molecule has 0 bridgehead atoms. The minimum absolute atomic E-state index is 0.310. The van der Waals surface area contributed by atoms with Crippen LogP contribution in [0.2, 0.25) is 0 Å². The van der Waals surface area contributed by atoms with Gasteiger partial charge in [-0.2, -0.15) is 0 Å². The van der Waals surface area contributed by atoms with Gasteiger partial charge in [0.05, 0.1) is 6.54 Å². The normalized spacial score (nSPS) is 17.7. The molecule has 1 N–H and O–H groups in total. The molecule has 0 amide bonds. The average molecular weight is 494 g/mol. The van der Waals surface area contributed by atoms with Gasteiger partial charge in [0, 0.05) is 24.7 Å². The molecule has 2 nitrogen and oxygen atoms in total. The van der Waals surface area contributed by atoms with Crippen LogP contribution in [0.5, 0.6) is 0 Å². The Morgan fingerprint density at radius 1 is 0.639 bits per heavy atom. The second-order valence-electron chi connectivity index (χ2n) is 10.4. The summed E-state index contributed by atoms with van der Waals surface area (Å²) in [5.41, 5.74) is 11.2. The van der Waals surface area contributed by atoms with Gasteiger partial charge in [-0.1, -0.05) is 96.1 Å². The summed E-state index contributed by atoms with van der Waals surface area (Å²) < 4.78 is 0.